The molecule has 0 atom stereocenters. The van der Waals surface area contributed by atoms with Gasteiger partial charge in [0.1, 0.15) is 5.69 Å². The standard InChI is InChI=1S/C16H16N8O/c1-11(19-18-10-6-9-13-7-4-3-5-8-13)14-12(2)24(23-20-14)16-15(17)21-25-22-16/h3-10H,1-2H3,(H2,17,21)/b9-6-,18-10?,19-11?. The molecule has 3 aromatic rings. The van der Waals surface area contributed by atoms with E-state index in [1.54, 1.807) is 13.1 Å². The summed E-state index contributed by atoms with van der Waals surface area (Å²) in [7, 11) is 0. The zero-order chi connectivity index (χ0) is 17.6. The molecule has 9 nitrogen and oxygen atoms in total. The second-order valence-electron chi connectivity index (χ2n) is 5.13. The smallest absolute Gasteiger partial charge is 0.243 e. The quantitative estimate of drug-likeness (QED) is 0.562. The summed E-state index contributed by atoms with van der Waals surface area (Å²) in [6.07, 6.45) is 5.36. The first-order valence-corrected chi connectivity index (χ1v) is 7.47. The molecular formula is C16H16N8O. The summed E-state index contributed by atoms with van der Waals surface area (Å²) >= 11 is 0. The average molecular weight is 336 g/mol. The monoisotopic (exact) mass is 336 g/mol. The predicted molar refractivity (Wildman–Crippen MR) is 94.5 cm³/mol. The number of aromatic nitrogens is 5. The molecule has 0 aliphatic carbocycles. The van der Waals surface area contributed by atoms with Gasteiger partial charge in [0.05, 0.1) is 11.4 Å². The Morgan fingerprint density at radius 3 is 2.76 bits per heavy atom. The van der Waals surface area contributed by atoms with Crippen molar-refractivity contribution in [1.82, 2.24) is 25.3 Å². The van der Waals surface area contributed by atoms with Gasteiger partial charge in [-0.15, -0.1) is 5.10 Å². The number of nitrogens with zero attached hydrogens (tertiary/aromatic N) is 7. The summed E-state index contributed by atoms with van der Waals surface area (Å²) in [5, 5.41) is 23.5. The van der Waals surface area contributed by atoms with Crippen LogP contribution in [0.2, 0.25) is 0 Å². The molecule has 2 heterocycles. The molecule has 0 spiro atoms. The van der Waals surface area contributed by atoms with Crippen molar-refractivity contribution in [3.63, 3.8) is 0 Å². The average Bonchev–Trinajstić information content (AvgIpc) is 3.20. The summed E-state index contributed by atoms with van der Waals surface area (Å²) in [6.45, 7) is 3.62. The van der Waals surface area contributed by atoms with Gasteiger partial charge in [0, 0.05) is 6.21 Å². The van der Waals surface area contributed by atoms with E-state index >= 15 is 0 Å². The van der Waals surface area contributed by atoms with Crippen LogP contribution in [0.15, 0.2) is 51.2 Å². The van der Waals surface area contributed by atoms with Crippen LogP contribution in [0, 0.1) is 6.92 Å². The second-order valence-corrected chi connectivity index (χ2v) is 5.13. The Labute approximate surface area is 143 Å². The van der Waals surface area contributed by atoms with E-state index < -0.39 is 0 Å². The van der Waals surface area contributed by atoms with E-state index in [-0.39, 0.29) is 5.82 Å². The molecule has 0 aliphatic heterocycles. The molecule has 0 saturated heterocycles. The zero-order valence-corrected chi connectivity index (χ0v) is 13.7. The lowest BCUT2D eigenvalue weighted by molar-refractivity contribution is 0.306. The number of nitrogen functional groups attached to an aromatic ring is 1. The molecule has 0 fully saturated rings. The molecule has 126 valence electrons. The lowest BCUT2D eigenvalue weighted by Crippen LogP contribution is -2.04. The van der Waals surface area contributed by atoms with Crippen LogP contribution in [0.5, 0.6) is 0 Å². The van der Waals surface area contributed by atoms with Gasteiger partial charge in [-0.2, -0.15) is 14.9 Å². The summed E-state index contributed by atoms with van der Waals surface area (Å²) < 4.78 is 6.02. The fourth-order valence-corrected chi connectivity index (χ4v) is 2.13. The van der Waals surface area contributed by atoms with Crippen LogP contribution in [-0.2, 0) is 0 Å². The third-order valence-corrected chi connectivity index (χ3v) is 3.38. The van der Waals surface area contributed by atoms with E-state index in [2.05, 4.69) is 35.5 Å². The maximum Gasteiger partial charge on any atom is 0.243 e. The first-order valence-electron chi connectivity index (χ1n) is 7.47. The maximum atomic E-state index is 5.67. The lowest BCUT2D eigenvalue weighted by atomic mass is 10.2. The highest BCUT2D eigenvalue weighted by molar-refractivity contribution is 5.98. The van der Waals surface area contributed by atoms with Crippen molar-refractivity contribution in [3.05, 3.63) is 53.4 Å². The van der Waals surface area contributed by atoms with E-state index in [4.69, 9.17) is 5.73 Å². The van der Waals surface area contributed by atoms with Crippen LogP contribution in [0.1, 0.15) is 23.9 Å². The van der Waals surface area contributed by atoms with Gasteiger partial charge in [0.25, 0.3) is 0 Å². The van der Waals surface area contributed by atoms with Crippen LogP contribution in [0.3, 0.4) is 0 Å². The maximum absolute atomic E-state index is 5.67. The van der Waals surface area contributed by atoms with Crippen molar-refractivity contribution in [3.8, 4) is 5.82 Å². The third-order valence-electron chi connectivity index (χ3n) is 3.38. The zero-order valence-electron chi connectivity index (χ0n) is 13.7. The van der Waals surface area contributed by atoms with Crippen LogP contribution in [0.4, 0.5) is 5.82 Å². The molecular weight excluding hydrogens is 320 g/mol. The summed E-state index contributed by atoms with van der Waals surface area (Å²) in [4.78, 5) is 0. The third kappa shape index (κ3) is 3.66. The summed E-state index contributed by atoms with van der Waals surface area (Å²) in [5.74, 6) is 0.427. The first kappa shape index (κ1) is 16.2. The van der Waals surface area contributed by atoms with E-state index in [0.29, 0.717) is 22.9 Å². The molecule has 0 radical (unpaired) electrons. The van der Waals surface area contributed by atoms with E-state index in [1.165, 1.54) is 4.68 Å². The normalized spacial score (nSPS) is 12.5. The molecule has 1 aromatic carbocycles. The number of rotatable bonds is 5. The van der Waals surface area contributed by atoms with Crippen molar-refractivity contribution >= 4 is 23.8 Å². The number of benzene rings is 1. The Balaban J connectivity index is 1.73. The second kappa shape index (κ2) is 7.30. The molecule has 2 aromatic heterocycles. The van der Waals surface area contributed by atoms with Crippen molar-refractivity contribution in [2.24, 2.45) is 10.2 Å². The van der Waals surface area contributed by atoms with Gasteiger partial charge in [0.15, 0.2) is 0 Å². The molecule has 9 heteroatoms. The van der Waals surface area contributed by atoms with Crippen LogP contribution < -0.4 is 5.73 Å². The predicted octanol–water partition coefficient (Wildman–Crippen LogP) is 2.05. The number of nitrogens with two attached hydrogens (primary N) is 1. The minimum absolute atomic E-state index is 0.137. The molecule has 0 saturated carbocycles. The molecule has 0 bridgehead atoms. The van der Waals surface area contributed by atoms with Gasteiger partial charge in [0.2, 0.25) is 11.6 Å². The van der Waals surface area contributed by atoms with Crippen LogP contribution in [0.25, 0.3) is 11.9 Å². The van der Waals surface area contributed by atoms with Gasteiger partial charge in [-0.05, 0) is 35.8 Å². The minimum Gasteiger partial charge on any atom is -0.378 e. The van der Waals surface area contributed by atoms with E-state index in [0.717, 1.165) is 5.56 Å². The Kier molecular flexibility index (Phi) is 4.74. The summed E-state index contributed by atoms with van der Waals surface area (Å²) in [5.41, 5.74) is 8.67. The van der Waals surface area contributed by atoms with Crippen LogP contribution >= 0.6 is 0 Å². The lowest BCUT2D eigenvalue weighted by Gasteiger charge is -1.98. The van der Waals surface area contributed by atoms with Gasteiger partial charge in [-0.25, -0.2) is 4.63 Å². The highest BCUT2D eigenvalue weighted by Crippen LogP contribution is 2.15. The SMILES string of the molecule is CC(=NN=C/C=C\c1ccccc1)c1nnn(-c2nonc2N)c1C. The van der Waals surface area contributed by atoms with Crippen molar-refractivity contribution in [2.75, 3.05) is 5.73 Å². The van der Waals surface area contributed by atoms with Gasteiger partial charge >= 0.3 is 0 Å². The molecule has 25 heavy (non-hydrogen) atoms. The highest BCUT2D eigenvalue weighted by atomic mass is 16.6. The number of allylic oxidation sites excluding steroid dienone is 1. The Morgan fingerprint density at radius 2 is 2.04 bits per heavy atom. The van der Waals surface area contributed by atoms with Crippen molar-refractivity contribution in [1.29, 1.82) is 0 Å². The largest absolute Gasteiger partial charge is 0.378 e. The fraction of sp³-hybridized carbons (Fsp3) is 0.125. The molecule has 0 amide bonds. The number of hydrogen-bond acceptors (Lipinski definition) is 8. The molecule has 0 aliphatic rings. The van der Waals surface area contributed by atoms with Gasteiger partial charge in [-0.3, -0.25) is 0 Å². The van der Waals surface area contributed by atoms with E-state index in [9.17, 15) is 0 Å². The Bertz CT molecular complexity index is 936. The number of hydrogen-bond donors (Lipinski definition) is 1. The highest BCUT2D eigenvalue weighted by Gasteiger charge is 2.17. The molecule has 0 unspecified atom stereocenters. The van der Waals surface area contributed by atoms with Crippen molar-refractivity contribution in [2.45, 2.75) is 13.8 Å². The Morgan fingerprint density at radius 1 is 1.24 bits per heavy atom. The summed E-state index contributed by atoms with van der Waals surface area (Å²) in [6, 6.07) is 9.93. The van der Waals surface area contributed by atoms with Gasteiger partial charge < -0.3 is 5.73 Å². The Hall–Kier alpha value is -3.62. The minimum atomic E-state index is 0.137. The molecule has 3 rings (SSSR count). The van der Waals surface area contributed by atoms with Gasteiger partial charge in [-0.1, -0.05) is 41.6 Å². The first-order chi connectivity index (χ1) is 12.2. The topological polar surface area (TPSA) is 120 Å². The van der Waals surface area contributed by atoms with Crippen molar-refractivity contribution < 1.29 is 4.63 Å². The van der Waals surface area contributed by atoms with E-state index in [1.807, 2.05) is 49.4 Å². The number of anilines is 1. The van der Waals surface area contributed by atoms with Crippen LogP contribution in [-0.4, -0.2) is 37.2 Å². The molecule has 2 N–H and O–H groups in total. The fourth-order valence-electron chi connectivity index (χ4n) is 2.13.